The second-order valence-electron chi connectivity index (χ2n) is 3.68. The van der Waals surface area contributed by atoms with Crippen molar-refractivity contribution in [2.24, 2.45) is 0 Å². The number of Topliss-reactive ketones (excluding diaryl/α,β-unsaturated/α-hetero) is 1. The van der Waals surface area contributed by atoms with Gasteiger partial charge in [-0.2, -0.15) is 0 Å². The minimum absolute atomic E-state index is 0.0101. The summed E-state index contributed by atoms with van der Waals surface area (Å²) in [7, 11) is 1.44. The van der Waals surface area contributed by atoms with Crippen molar-refractivity contribution in [3.8, 4) is 0 Å². The number of hydrogen-bond acceptors (Lipinski definition) is 5. The lowest BCUT2D eigenvalue weighted by Crippen LogP contribution is -2.34. The number of carbonyl (C=O) groups is 2. The molecule has 0 N–H and O–H groups in total. The maximum absolute atomic E-state index is 11.2. The number of carbonyl (C=O) groups excluding carboxylic acids is 2. The summed E-state index contributed by atoms with van der Waals surface area (Å²) in [5.41, 5.74) is 0. The Labute approximate surface area is 88.0 Å². The molecule has 0 saturated carbocycles. The van der Waals surface area contributed by atoms with Crippen LogP contribution in [0.5, 0.6) is 0 Å². The van der Waals surface area contributed by atoms with E-state index in [0.29, 0.717) is 5.76 Å². The summed E-state index contributed by atoms with van der Waals surface area (Å²) in [6.07, 6.45) is 1.23. The zero-order chi connectivity index (χ0) is 11.5. The Hall–Kier alpha value is -1.36. The quantitative estimate of drug-likeness (QED) is 0.647. The number of hydrogen-bond donors (Lipinski definition) is 0. The van der Waals surface area contributed by atoms with Crippen LogP contribution in [0, 0.1) is 0 Å². The highest BCUT2D eigenvalue weighted by Gasteiger charge is 2.30. The lowest BCUT2D eigenvalue weighted by Gasteiger charge is -2.30. The molecular formula is C10H14O5. The molecule has 0 saturated heterocycles. The van der Waals surface area contributed by atoms with Crippen molar-refractivity contribution in [2.75, 3.05) is 13.7 Å². The van der Waals surface area contributed by atoms with Crippen molar-refractivity contribution >= 4 is 11.8 Å². The van der Waals surface area contributed by atoms with E-state index in [0.717, 1.165) is 0 Å². The molecule has 0 aromatic heterocycles. The Morgan fingerprint density at radius 1 is 1.47 bits per heavy atom. The molecule has 0 aromatic rings. The molecule has 15 heavy (non-hydrogen) atoms. The number of rotatable bonds is 4. The predicted octanol–water partition coefficient (Wildman–Crippen LogP) is 0.785. The Morgan fingerprint density at radius 3 is 2.67 bits per heavy atom. The number of methoxy groups -OCH3 is 1. The van der Waals surface area contributed by atoms with Crippen molar-refractivity contribution in [1.29, 1.82) is 0 Å². The van der Waals surface area contributed by atoms with Gasteiger partial charge in [0.25, 0.3) is 0 Å². The summed E-state index contributed by atoms with van der Waals surface area (Å²) < 4.78 is 14.8. The summed E-state index contributed by atoms with van der Waals surface area (Å²) in [6, 6.07) is 0. The average molecular weight is 214 g/mol. The molecule has 5 nitrogen and oxygen atoms in total. The second kappa shape index (κ2) is 4.44. The van der Waals surface area contributed by atoms with Crippen molar-refractivity contribution in [2.45, 2.75) is 26.1 Å². The summed E-state index contributed by atoms with van der Waals surface area (Å²) in [5.74, 6) is -1.33. The molecule has 0 bridgehead atoms. The summed E-state index contributed by atoms with van der Waals surface area (Å²) in [4.78, 5) is 22.3. The van der Waals surface area contributed by atoms with Crippen LogP contribution in [0.25, 0.3) is 0 Å². The van der Waals surface area contributed by atoms with Gasteiger partial charge in [-0.1, -0.05) is 0 Å². The van der Waals surface area contributed by atoms with E-state index in [1.165, 1.54) is 13.2 Å². The van der Waals surface area contributed by atoms with E-state index in [9.17, 15) is 9.59 Å². The molecule has 1 aliphatic rings. The molecule has 84 valence electrons. The minimum atomic E-state index is -1.01. The van der Waals surface area contributed by atoms with Gasteiger partial charge in [0, 0.05) is 21.0 Å². The largest absolute Gasteiger partial charge is 0.456 e. The van der Waals surface area contributed by atoms with Gasteiger partial charge in [-0.3, -0.25) is 4.79 Å². The van der Waals surface area contributed by atoms with Gasteiger partial charge in [-0.15, -0.1) is 0 Å². The molecule has 0 radical (unpaired) electrons. The normalized spacial score (nSPS) is 18.9. The summed E-state index contributed by atoms with van der Waals surface area (Å²) in [6.45, 7) is 3.23. The second-order valence-corrected chi connectivity index (χ2v) is 3.68. The number of ketones is 1. The first-order valence-corrected chi connectivity index (χ1v) is 4.56. The van der Waals surface area contributed by atoms with Gasteiger partial charge in [0.05, 0.1) is 12.5 Å². The summed E-state index contributed by atoms with van der Waals surface area (Å²) in [5, 5.41) is 0. The highest BCUT2D eigenvalue weighted by atomic mass is 16.7. The monoisotopic (exact) mass is 214 g/mol. The van der Waals surface area contributed by atoms with E-state index in [4.69, 9.17) is 9.47 Å². The average Bonchev–Trinajstić information content (AvgIpc) is 1.99. The Morgan fingerprint density at radius 2 is 2.13 bits per heavy atom. The Balaban J connectivity index is 2.62. The molecule has 1 rings (SSSR count). The zero-order valence-corrected chi connectivity index (χ0v) is 9.03. The highest BCUT2D eigenvalue weighted by molar-refractivity contribution is 5.87. The molecule has 0 spiro atoms. The van der Waals surface area contributed by atoms with Crippen LogP contribution >= 0.6 is 0 Å². The fourth-order valence-electron chi connectivity index (χ4n) is 1.26. The first kappa shape index (κ1) is 11.7. The van der Waals surface area contributed by atoms with Gasteiger partial charge in [-0.05, 0) is 0 Å². The van der Waals surface area contributed by atoms with Crippen molar-refractivity contribution in [3.05, 3.63) is 11.8 Å². The van der Waals surface area contributed by atoms with Gasteiger partial charge in [-0.25, -0.2) is 4.79 Å². The third-order valence-corrected chi connectivity index (χ3v) is 1.68. The van der Waals surface area contributed by atoms with E-state index in [-0.39, 0.29) is 18.8 Å². The molecule has 1 aliphatic heterocycles. The number of ether oxygens (including phenoxy) is 3. The van der Waals surface area contributed by atoms with Gasteiger partial charge in [0.15, 0.2) is 5.78 Å². The molecule has 0 atom stereocenters. The van der Waals surface area contributed by atoms with Crippen LogP contribution in [0.1, 0.15) is 20.3 Å². The third-order valence-electron chi connectivity index (χ3n) is 1.68. The van der Waals surface area contributed by atoms with E-state index in [1.54, 1.807) is 13.8 Å². The molecule has 0 amide bonds. The van der Waals surface area contributed by atoms with E-state index < -0.39 is 11.8 Å². The molecule has 0 unspecified atom stereocenters. The van der Waals surface area contributed by atoms with Crippen LogP contribution in [0.2, 0.25) is 0 Å². The predicted molar refractivity (Wildman–Crippen MR) is 50.8 cm³/mol. The first-order chi connectivity index (χ1) is 6.93. The molecule has 5 heteroatoms. The molecule has 0 aromatic carbocycles. The minimum Gasteiger partial charge on any atom is -0.456 e. The molecule has 1 heterocycles. The summed E-state index contributed by atoms with van der Waals surface area (Å²) >= 11 is 0. The van der Waals surface area contributed by atoms with Crippen LogP contribution in [-0.2, 0) is 23.8 Å². The third kappa shape index (κ3) is 3.71. The number of allylic oxidation sites excluding steroid dienone is 1. The number of esters is 1. The van der Waals surface area contributed by atoms with Gasteiger partial charge >= 0.3 is 5.97 Å². The highest BCUT2D eigenvalue weighted by Crippen LogP contribution is 2.23. The van der Waals surface area contributed by atoms with E-state index >= 15 is 0 Å². The van der Waals surface area contributed by atoms with E-state index in [2.05, 4.69) is 4.74 Å². The Kier molecular flexibility index (Phi) is 3.47. The van der Waals surface area contributed by atoms with Crippen molar-refractivity contribution in [1.82, 2.24) is 0 Å². The van der Waals surface area contributed by atoms with Gasteiger partial charge < -0.3 is 14.2 Å². The number of cyclic esters (lactones) is 1. The molecule has 0 fully saturated rings. The van der Waals surface area contributed by atoms with E-state index in [1.807, 2.05) is 0 Å². The lowest BCUT2D eigenvalue weighted by molar-refractivity contribution is -0.205. The smallest absolute Gasteiger partial charge is 0.337 e. The first-order valence-electron chi connectivity index (χ1n) is 4.56. The van der Waals surface area contributed by atoms with Gasteiger partial charge in [0.2, 0.25) is 5.79 Å². The van der Waals surface area contributed by atoms with Crippen LogP contribution in [-0.4, -0.2) is 31.3 Å². The van der Waals surface area contributed by atoms with Crippen molar-refractivity contribution in [3.63, 3.8) is 0 Å². The van der Waals surface area contributed by atoms with Crippen molar-refractivity contribution < 1.29 is 23.8 Å². The SMILES string of the molecule is COCC(=O)CC1=CC(=O)OC(C)(C)O1. The van der Waals surface area contributed by atoms with Crippen LogP contribution in [0.3, 0.4) is 0 Å². The van der Waals surface area contributed by atoms with Crippen LogP contribution < -0.4 is 0 Å². The zero-order valence-electron chi connectivity index (χ0n) is 9.03. The topological polar surface area (TPSA) is 61.8 Å². The molecule has 0 aliphatic carbocycles. The fourth-order valence-corrected chi connectivity index (χ4v) is 1.26. The lowest BCUT2D eigenvalue weighted by atomic mass is 10.2. The Bertz CT molecular complexity index is 303. The maximum atomic E-state index is 11.2. The van der Waals surface area contributed by atoms with Crippen LogP contribution in [0.4, 0.5) is 0 Å². The standard InChI is InChI=1S/C10H14O5/c1-10(2)14-8(5-9(12)15-10)4-7(11)6-13-3/h5H,4,6H2,1-3H3. The molecular weight excluding hydrogens is 200 g/mol. The van der Waals surface area contributed by atoms with Crippen LogP contribution in [0.15, 0.2) is 11.8 Å². The fraction of sp³-hybridized carbons (Fsp3) is 0.600. The van der Waals surface area contributed by atoms with Gasteiger partial charge in [0.1, 0.15) is 12.4 Å². The maximum Gasteiger partial charge on any atom is 0.337 e.